The molecule has 5 rings (SSSR count). The predicted octanol–water partition coefficient (Wildman–Crippen LogP) is 9.12. The van der Waals surface area contributed by atoms with Crippen molar-refractivity contribution in [3.8, 4) is 0 Å². The smallest absolute Gasteiger partial charge is 0.0314 e. The number of hydrogen-bond donors (Lipinski definition) is 2. The van der Waals surface area contributed by atoms with Gasteiger partial charge in [-0.05, 0) is 118 Å². The lowest BCUT2D eigenvalue weighted by Crippen LogP contribution is -2.01. The Hall–Kier alpha value is -4.30. The maximum Gasteiger partial charge on any atom is 0.0314 e. The average molecular weight is 553 g/mol. The third kappa shape index (κ3) is 7.91. The van der Waals surface area contributed by atoms with Crippen molar-refractivity contribution in [3.63, 3.8) is 0 Å². The van der Waals surface area contributed by atoms with Crippen molar-refractivity contribution >= 4 is 11.4 Å². The fourth-order valence-corrected chi connectivity index (χ4v) is 5.88. The summed E-state index contributed by atoms with van der Waals surface area (Å²) in [5.74, 6) is 0. The van der Waals surface area contributed by atoms with Crippen molar-refractivity contribution < 1.29 is 0 Å². The first kappa shape index (κ1) is 29.2. The Labute approximate surface area is 252 Å². The topological polar surface area (TPSA) is 52.0 Å². The van der Waals surface area contributed by atoms with Crippen molar-refractivity contribution in [3.05, 3.63) is 165 Å². The van der Waals surface area contributed by atoms with Crippen LogP contribution >= 0.6 is 0 Å². The van der Waals surface area contributed by atoms with Crippen LogP contribution in [0.4, 0.5) is 11.4 Å². The fourth-order valence-electron chi connectivity index (χ4n) is 5.88. The minimum Gasteiger partial charge on any atom is -0.399 e. The summed E-state index contributed by atoms with van der Waals surface area (Å²) in [6.45, 7) is 4.55. The van der Waals surface area contributed by atoms with Gasteiger partial charge in [0, 0.05) is 11.4 Å². The van der Waals surface area contributed by atoms with Crippen molar-refractivity contribution in [1.29, 1.82) is 0 Å². The number of nitrogen functional groups attached to an aromatic ring is 2. The first-order valence-corrected chi connectivity index (χ1v) is 15.5. The summed E-state index contributed by atoms with van der Waals surface area (Å²) in [5.41, 5.74) is 27.3. The van der Waals surface area contributed by atoms with Crippen LogP contribution in [0.5, 0.6) is 0 Å². The van der Waals surface area contributed by atoms with Gasteiger partial charge in [-0.3, -0.25) is 0 Å². The van der Waals surface area contributed by atoms with E-state index in [0.717, 1.165) is 62.7 Å². The van der Waals surface area contributed by atoms with E-state index in [1.165, 1.54) is 55.6 Å². The van der Waals surface area contributed by atoms with Gasteiger partial charge in [-0.25, -0.2) is 0 Å². The standard InChI is InChI=1S/C40H44N2/c1-3-5-35-26-33(24-31-15-21-40(42)22-16-31)11-17-38(35)28-34-12-18-37(36(27-34)6-4-2)25-32-9-7-29(8-10-32)23-30-13-19-39(41)20-14-30/h7-22,26-27H,3-6,23-25,28,41-42H2,1-2H3. The van der Waals surface area contributed by atoms with Crippen LogP contribution in [0, 0.1) is 0 Å². The summed E-state index contributed by atoms with van der Waals surface area (Å²) in [6.07, 6.45) is 8.34. The highest BCUT2D eigenvalue weighted by Crippen LogP contribution is 2.24. The Morgan fingerprint density at radius 1 is 0.357 bits per heavy atom. The molecule has 42 heavy (non-hydrogen) atoms. The molecule has 214 valence electrons. The molecule has 0 aliphatic heterocycles. The quantitative estimate of drug-likeness (QED) is 0.152. The molecule has 0 atom stereocenters. The van der Waals surface area contributed by atoms with E-state index in [9.17, 15) is 0 Å². The molecule has 2 heteroatoms. The van der Waals surface area contributed by atoms with Crippen molar-refractivity contribution in [2.24, 2.45) is 0 Å². The average Bonchev–Trinajstić information content (AvgIpc) is 2.99. The van der Waals surface area contributed by atoms with E-state index >= 15 is 0 Å². The Morgan fingerprint density at radius 2 is 0.667 bits per heavy atom. The zero-order chi connectivity index (χ0) is 29.3. The number of rotatable bonds is 12. The molecule has 0 amide bonds. The van der Waals surface area contributed by atoms with Gasteiger partial charge in [0.15, 0.2) is 0 Å². The molecule has 0 bridgehead atoms. The predicted molar refractivity (Wildman–Crippen MR) is 180 cm³/mol. The summed E-state index contributed by atoms with van der Waals surface area (Å²) < 4.78 is 0. The van der Waals surface area contributed by atoms with Gasteiger partial charge in [0.05, 0.1) is 0 Å². The van der Waals surface area contributed by atoms with Crippen LogP contribution in [0.15, 0.2) is 109 Å². The minimum atomic E-state index is 0.813. The molecule has 0 aliphatic carbocycles. The molecular weight excluding hydrogens is 508 g/mol. The second-order valence-corrected chi connectivity index (χ2v) is 11.7. The van der Waals surface area contributed by atoms with Gasteiger partial charge < -0.3 is 11.5 Å². The highest BCUT2D eigenvalue weighted by molar-refractivity contribution is 5.44. The van der Waals surface area contributed by atoms with Crippen molar-refractivity contribution in [2.75, 3.05) is 11.5 Å². The highest BCUT2D eigenvalue weighted by Gasteiger charge is 2.10. The van der Waals surface area contributed by atoms with Crippen molar-refractivity contribution in [2.45, 2.75) is 65.2 Å². The summed E-state index contributed by atoms with van der Waals surface area (Å²) in [5, 5.41) is 0. The molecule has 0 saturated carbocycles. The first-order valence-electron chi connectivity index (χ1n) is 15.5. The van der Waals surface area contributed by atoms with Gasteiger partial charge in [-0.15, -0.1) is 0 Å². The number of aryl methyl sites for hydroxylation is 2. The van der Waals surface area contributed by atoms with E-state index in [0.29, 0.717) is 0 Å². The first-order chi connectivity index (χ1) is 20.5. The van der Waals surface area contributed by atoms with E-state index in [1.807, 2.05) is 24.3 Å². The van der Waals surface area contributed by atoms with Crippen LogP contribution in [0.2, 0.25) is 0 Å². The normalized spacial score (nSPS) is 11.1. The lowest BCUT2D eigenvalue weighted by Gasteiger charge is -2.15. The van der Waals surface area contributed by atoms with Gasteiger partial charge in [-0.2, -0.15) is 0 Å². The summed E-state index contributed by atoms with van der Waals surface area (Å²) >= 11 is 0. The van der Waals surface area contributed by atoms with Gasteiger partial charge in [-0.1, -0.05) is 112 Å². The van der Waals surface area contributed by atoms with E-state index < -0.39 is 0 Å². The van der Waals surface area contributed by atoms with Gasteiger partial charge in [0.1, 0.15) is 0 Å². The van der Waals surface area contributed by atoms with E-state index in [-0.39, 0.29) is 0 Å². The van der Waals surface area contributed by atoms with E-state index in [1.54, 1.807) is 0 Å². The molecule has 0 saturated heterocycles. The maximum absolute atomic E-state index is 5.88. The molecular formula is C40H44N2. The monoisotopic (exact) mass is 552 g/mol. The molecule has 4 N–H and O–H groups in total. The molecule has 0 aromatic heterocycles. The molecule has 0 spiro atoms. The fraction of sp³-hybridized carbons (Fsp3) is 0.250. The molecule has 0 fully saturated rings. The van der Waals surface area contributed by atoms with Crippen LogP contribution in [0.3, 0.4) is 0 Å². The largest absolute Gasteiger partial charge is 0.399 e. The molecule has 2 nitrogen and oxygen atoms in total. The molecule has 5 aromatic carbocycles. The number of hydrogen-bond acceptors (Lipinski definition) is 2. The van der Waals surface area contributed by atoms with Crippen LogP contribution in [-0.4, -0.2) is 0 Å². The maximum atomic E-state index is 5.88. The zero-order valence-corrected chi connectivity index (χ0v) is 25.2. The second kappa shape index (κ2) is 14.0. The van der Waals surface area contributed by atoms with Crippen LogP contribution in [-0.2, 0) is 38.5 Å². The Morgan fingerprint density at radius 3 is 1.10 bits per heavy atom. The zero-order valence-electron chi connectivity index (χ0n) is 25.2. The van der Waals surface area contributed by atoms with Gasteiger partial charge >= 0.3 is 0 Å². The third-order valence-electron chi connectivity index (χ3n) is 8.17. The Kier molecular flexibility index (Phi) is 9.77. The molecule has 0 radical (unpaired) electrons. The number of nitrogens with two attached hydrogens (primary N) is 2. The lowest BCUT2D eigenvalue weighted by atomic mass is 9.90. The number of benzene rings is 5. The minimum absolute atomic E-state index is 0.813. The van der Waals surface area contributed by atoms with Gasteiger partial charge in [0.2, 0.25) is 0 Å². The molecule has 0 unspecified atom stereocenters. The van der Waals surface area contributed by atoms with Crippen LogP contribution in [0.25, 0.3) is 0 Å². The highest BCUT2D eigenvalue weighted by atomic mass is 14.5. The molecule has 0 heterocycles. The lowest BCUT2D eigenvalue weighted by molar-refractivity contribution is 0.891. The SMILES string of the molecule is CCCc1cc(Cc2ccc(N)cc2)ccc1Cc1ccc(Cc2ccc(Cc3ccc(N)cc3)cc2)c(CCC)c1. The second-order valence-electron chi connectivity index (χ2n) is 11.7. The van der Waals surface area contributed by atoms with E-state index in [4.69, 9.17) is 11.5 Å². The third-order valence-corrected chi connectivity index (χ3v) is 8.17. The van der Waals surface area contributed by atoms with Gasteiger partial charge in [0.25, 0.3) is 0 Å². The summed E-state index contributed by atoms with van der Waals surface area (Å²) in [6, 6.07) is 39.8. The summed E-state index contributed by atoms with van der Waals surface area (Å²) in [4.78, 5) is 0. The summed E-state index contributed by atoms with van der Waals surface area (Å²) in [7, 11) is 0. The van der Waals surface area contributed by atoms with E-state index in [2.05, 4.69) is 98.8 Å². The number of anilines is 2. The van der Waals surface area contributed by atoms with Crippen LogP contribution < -0.4 is 11.5 Å². The van der Waals surface area contributed by atoms with Crippen LogP contribution in [0.1, 0.15) is 82.3 Å². The molecule has 0 aliphatic rings. The van der Waals surface area contributed by atoms with Crippen molar-refractivity contribution in [1.82, 2.24) is 0 Å². The Balaban J connectivity index is 1.29. The molecule has 5 aromatic rings. The Bertz CT molecular complexity index is 1580.